The van der Waals surface area contributed by atoms with Crippen molar-refractivity contribution in [2.24, 2.45) is 12.5 Å². The molecule has 5 rings (SSSR count). The van der Waals surface area contributed by atoms with Gasteiger partial charge in [0.1, 0.15) is 0 Å². The molecule has 2 aliphatic carbocycles. The van der Waals surface area contributed by atoms with Crippen LogP contribution in [0.1, 0.15) is 63.4 Å². The van der Waals surface area contributed by atoms with Crippen molar-refractivity contribution in [3.05, 3.63) is 18.0 Å². The summed E-state index contributed by atoms with van der Waals surface area (Å²) in [7, 11) is 1.83. The largest absolute Gasteiger partial charge is 0.389 e. The Balaban J connectivity index is 1.27. The molecule has 0 bridgehead atoms. The minimum atomic E-state index is -1.01. The Bertz CT molecular complexity index is 867. The fraction of sp³-hybridized carbons (Fsp3) is 0.783. The van der Waals surface area contributed by atoms with E-state index in [1.807, 2.05) is 13.2 Å². The maximum Gasteiger partial charge on any atom is 0.257 e. The molecule has 176 valence electrons. The van der Waals surface area contributed by atoms with Gasteiger partial charge < -0.3 is 25.2 Å². The molecule has 1 aromatic heterocycles. The number of ether oxygens (including phenoxy) is 2. The zero-order chi connectivity index (χ0) is 22.4. The first-order valence-electron chi connectivity index (χ1n) is 11.9. The first-order valence-corrected chi connectivity index (χ1v) is 11.9. The average molecular weight is 447 g/mol. The molecule has 0 aromatic carbocycles. The van der Waals surface area contributed by atoms with Crippen LogP contribution < -0.4 is 10.6 Å². The van der Waals surface area contributed by atoms with Crippen LogP contribution in [0, 0.1) is 5.41 Å². The lowest BCUT2D eigenvalue weighted by atomic mass is 9.77. The highest BCUT2D eigenvalue weighted by molar-refractivity contribution is 5.88. The standard InChI is InChI=1S/C23H34N4O5/c1-27-15-16(14-24-27)23(6-3-11-32-23)20(29)26-18-5-2-4-17(18)25-19(28)21(7-8-21)22(30)9-12-31-13-10-22/h14-15,17-18,30H,2-13H2,1H3,(H,25,28)(H,26,29)/t17-,18-,23?/m1/s1. The van der Waals surface area contributed by atoms with Gasteiger partial charge in [0.15, 0.2) is 5.60 Å². The van der Waals surface area contributed by atoms with Gasteiger partial charge in [-0.2, -0.15) is 5.10 Å². The summed E-state index contributed by atoms with van der Waals surface area (Å²) < 4.78 is 13.1. The number of nitrogens with one attached hydrogen (secondary N) is 2. The number of hydrogen-bond donors (Lipinski definition) is 3. The molecular formula is C23H34N4O5. The zero-order valence-electron chi connectivity index (χ0n) is 18.8. The van der Waals surface area contributed by atoms with E-state index in [0.29, 0.717) is 51.9 Å². The third-order valence-electron chi connectivity index (χ3n) is 8.10. The van der Waals surface area contributed by atoms with E-state index in [1.165, 1.54) is 0 Å². The molecule has 3 N–H and O–H groups in total. The van der Waals surface area contributed by atoms with Crippen LogP contribution in [0.15, 0.2) is 12.4 Å². The summed E-state index contributed by atoms with van der Waals surface area (Å²) in [6.45, 7) is 1.52. The number of aromatic nitrogens is 2. The van der Waals surface area contributed by atoms with E-state index in [1.54, 1.807) is 10.9 Å². The van der Waals surface area contributed by atoms with Gasteiger partial charge in [0, 0.05) is 63.6 Å². The van der Waals surface area contributed by atoms with Crippen molar-refractivity contribution in [3.8, 4) is 0 Å². The van der Waals surface area contributed by atoms with Crippen molar-refractivity contribution in [1.29, 1.82) is 0 Å². The van der Waals surface area contributed by atoms with E-state index in [9.17, 15) is 14.7 Å². The van der Waals surface area contributed by atoms with Gasteiger partial charge in [0.25, 0.3) is 5.91 Å². The molecule has 2 saturated heterocycles. The highest BCUT2D eigenvalue weighted by Crippen LogP contribution is 2.57. The number of aryl methyl sites for hydroxylation is 1. The Hall–Kier alpha value is -1.97. The van der Waals surface area contributed by atoms with Gasteiger partial charge >= 0.3 is 0 Å². The minimum absolute atomic E-state index is 0.0767. The highest BCUT2D eigenvalue weighted by Gasteiger charge is 2.64. The van der Waals surface area contributed by atoms with Crippen LogP contribution in [0.4, 0.5) is 0 Å². The molecule has 0 spiro atoms. The van der Waals surface area contributed by atoms with Crippen LogP contribution in [-0.4, -0.2) is 64.2 Å². The molecule has 3 heterocycles. The van der Waals surface area contributed by atoms with Gasteiger partial charge in [-0.1, -0.05) is 0 Å². The Kier molecular flexibility index (Phi) is 5.54. The summed E-state index contributed by atoms with van der Waals surface area (Å²) >= 11 is 0. The molecule has 0 radical (unpaired) electrons. The summed E-state index contributed by atoms with van der Waals surface area (Å²) in [5.41, 5.74) is -1.94. The van der Waals surface area contributed by atoms with Crippen molar-refractivity contribution in [2.75, 3.05) is 19.8 Å². The lowest BCUT2D eigenvalue weighted by molar-refractivity contribution is -0.151. The van der Waals surface area contributed by atoms with Gasteiger partial charge in [-0.15, -0.1) is 0 Å². The third-order valence-corrected chi connectivity index (χ3v) is 8.10. The van der Waals surface area contributed by atoms with Gasteiger partial charge in [-0.25, -0.2) is 0 Å². The number of rotatable bonds is 6. The number of amides is 2. The SMILES string of the molecule is Cn1cc(C2(C(=O)N[C@@H]3CCC[C@H]3NC(=O)C3(C4(O)CCOCC4)CC3)CCCO2)cn1. The topological polar surface area (TPSA) is 115 Å². The summed E-state index contributed by atoms with van der Waals surface area (Å²) in [5.74, 6) is -0.231. The molecule has 2 amide bonds. The fourth-order valence-corrected chi connectivity index (χ4v) is 5.92. The van der Waals surface area contributed by atoms with Gasteiger partial charge in [0.05, 0.1) is 17.2 Å². The summed E-state index contributed by atoms with van der Waals surface area (Å²) in [6, 6.07) is -0.288. The van der Waals surface area contributed by atoms with Crippen LogP contribution in [0.3, 0.4) is 0 Å². The van der Waals surface area contributed by atoms with E-state index in [4.69, 9.17) is 9.47 Å². The highest BCUT2D eigenvalue weighted by atomic mass is 16.5. The van der Waals surface area contributed by atoms with E-state index in [-0.39, 0.29) is 23.9 Å². The molecule has 4 aliphatic rings. The summed E-state index contributed by atoms with van der Waals surface area (Å²) in [4.78, 5) is 26.7. The molecule has 3 atom stereocenters. The second-order valence-corrected chi connectivity index (χ2v) is 10.00. The van der Waals surface area contributed by atoms with Crippen molar-refractivity contribution in [2.45, 2.75) is 81.1 Å². The quantitative estimate of drug-likeness (QED) is 0.598. The van der Waals surface area contributed by atoms with Gasteiger partial charge in [-0.05, 0) is 44.9 Å². The monoisotopic (exact) mass is 446 g/mol. The Morgan fingerprint density at radius 2 is 1.72 bits per heavy atom. The lowest BCUT2D eigenvalue weighted by Crippen LogP contribution is -2.57. The van der Waals surface area contributed by atoms with Crippen LogP contribution in [-0.2, 0) is 31.7 Å². The summed E-state index contributed by atoms with van der Waals surface area (Å²) in [5, 5.41) is 21.8. The van der Waals surface area contributed by atoms with E-state index >= 15 is 0 Å². The van der Waals surface area contributed by atoms with Crippen LogP contribution >= 0.6 is 0 Å². The van der Waals surface area contributed by atoms with Crippen LogP contribution in [0.5, 0.6) is 0 Å². The number of carbonyl (C=O) groups excluding carboxylic acids is 2. The predicted molar refractivity (Wildman–Crippen MR) is 114 cm³/mol. The van der Waals surface area contributed by atoms with Crippen molar-refractivity contribution in [1.82, 2.24) is 20.4 Å². The molecule has 2 saturated carbocycles. The molecule has 32 heavy (non-hydrogen) atoms. The van der Waals surface area contributed by atoms with Crippen LogP contribution in [0.2, 0.25) is 0 Å². The lowest BCUT2D eigenvalue weighted by Gasteiger charge is -2.39. The summed E-state index contributed by atoms with van der Waals surface area (Å²) in [6.07, 6.45) is 9.93. The van der Waals surface area contributed by atoms with Gasteiger partial charge in [-0.3, -0.25) is 14.3 Å². The Labute approximate surface area is 188 Å². The maximum absolute atomic E-state index is 13.4. The van der Waals surface area contributed by atoms with Gasteiger partial charge in [0.2, 0.25) is 5.91 Å². The number of hydrogen-bond acceptors (Lipinski definition) is 6. The number of nitrogens with zero attached hydrogens (tertiary/aromatic N) is 2. The maximum atomic E-state index is 13.4. The normalized spacial score (nSPS) is 33.1. The van der Waals surface area contributed by atoms with E-state index in [0.717, 1.165) is 31.2 Å². The first-order chi connectivity index (χ1) is 15.4. The second kappa shape index (κ2) is 8.11. The number of carbonyl (C=O) groups is 2. The molecule has 9 heteroatoms. The van der Waals surface area contributed by atoms with E-state index < -0.39 is 16.6 Å². The number of aliphatic hydroxyl groups is 1. The first kappa shape index (κ1) is 21.9. The molecule has 1 aromatic rings. The molecular weight excluding hydrogens is 412 g/mol. The smallest absolute Gasteiger partial charge is 0.257 e. The van der Waals surface area contributed by atoms with E-state index in [2.05, 4.69) is 15.7 Å². The van der Waals surface area contributed by atoms with Crippen molar-refractivity contribution < 1.29 is 24.2 Å². The molecule has 2 aliphatic heterocycles. The Morgan fingerprint density at radius 3 is 2.28 bits per heavy atom. The third kappa shape index (κ3) is 3.54. The van der Waals surface area contributed by atoms with Crippen molar-refractivity contribution in [3.63, 3.8) is 0 Å². The minimum Gasteiger partial charge on any atom is -0.389 e. The fourth-order valence-electron chi connectivity index (χ4n) is 5.92. The van der Waals surface area contributed by atoms with Crippen molar-refractivity contribution >= 4 is 11.8 Å². The van der Waals surface area contributed by atoms with Crippen LogP contribution in [0.25, 0.3) is 0 Å². The zero-order valence-corrected chi connectivity index (χ0v) is 18.8. The Morgan fingerprint density at radius 1 is 1.03 bits per heavy atom. The average Bonchev–Trinajstić information content (AvgIpc) is 3.08. The molecule has 9 nitrogen and oxygen atoms in total. The second-order valence-electron chi connectivity index (χ2n) is 10.00. The molecule has 4 fully saturated rings. The predicted octanol–water partition coefficient (Wildman–Crippen LogP) is 0.901. The molecule has 1 unspecified atom stereocenters.